The molecule has 0 fully saturated rings. The third kappa shape index (κ3) is 6.08. The van der Waals surface area contributed by atoms with Crippen molar-refractivity contribution in [2.24, 2.45) is 0 Å². The number of aryl methyl sites for hydroxylation is 1. The Morgan fingerprint density at radius 2 is 2.17 bits per heavy atom. The van der Waals surface area contributed by atoms with Crippen molar-refractivity contribution in [1.29, 1.82) is 0 Å². The van der Waals surface area contributed by atoms with E-state index in [1.54, 1.807) is 26.2 Å². The predicted octanol–water partition coefficient (Wildman–Crippen LogP) is 1.67. The Labute approximate surface area is 106 Å². The van der Waals surface area contributed by atoms with Crippen molar-refractivity contribution in [2.45, 2.75) is 39.2 Å². The van der Waals surface area contributed by atoms with E-state index in [0.29, 0.717) is 19.4 Å². The number of nitrogens with one attached hydrogen (secondary N) is 1. The Kier molecular flexibility index (Phi) is 5.97. The Bertz CT molecular complexity index is 370. The molecule has 5 nitrogen and oxygen atoms in total. The van der Waals surface area contributed by atoms with E-state index in [1.165, 1.54) is 0 Å². The topological polar surface area (TPSA) is 68.5 Å². The lowest BCUT2D eigenvalue weighted by Crippen LogP contribution is -2.27. The zero-order valence-corrected chi connectivity index (χ0v) is 10.8. The van der Waals surface area contributed by atoms with Gasteiger partial charge in [-0.2, -0.15) is 0 Å². The van der Waals surface area contributed by atoms with Gasteiger partial charge in [-0.25, -0.2) is 0 Å². The van der Waals surface area contributed by atoms with E-state index >= 15 is 0 Å². The van der Waals surface area contributed by atoms with Gasteiger partial charge in [0.25, 0.3) is 0 Å². The van der Waals surface area contributed by atoms with E-state index in [4.69, 9.17) is 9.15 Å². The van der Waals surface area contributed by atoms with Crippen LogP contribution in [0.1, 0.15) is 32.4 Å². The lowest BCUT2D eigenvalue weighted by molar-refractivity contribution is -0.147. The molecule has 5 heteroatoms. The number of ether oxygens (including phenoxy) is 1. The van der Waals surface area contributed by atoms with Gasteiger partial charge in [0.05, 0.1) is 18.8 Å². The van der Waals surface area contributed by atoms with E-state index in [0.717, 1.165) is 5.76 Å². The Hall–Kier alpha value is -1.78. The fraction of sp³-hybridized carbons (Fsp3) is 0.538. The Morgan fingerprint density at radius 1 is 1.39 bits per heavy atom. The van der Waals surface area contributed by atoms with Gasteiger partial charge in [0, 0.05) is 19.4 Å². The highest BCUT2D eigenvalue weighted by Crippen LogP contribution is 2.03. The maximum atomic E-state index is 11.4. The minimum Gasteiger partial charge on any atom is -0.469 e. The molecule has 100 valence electrons. The molecule has 1 heterocycles. The predicted molar refractivity (Wildman–Crippen MR) is 65.9 cm³/mol. The fourth-order valence-corrected chi connectivity index (χ4v) is 1.41. The van der Waals surface area contributed by atoms with Gasteiger partial charge in [-0.3, -0.25) is 9.59 Å². The summed E-state index contributed by atoms with van der Waals surface area (Å²) in [4.78, 5) is 22.6. The molecule has 0 bridgehead atoms. The highest BCUT2D eigenvalue weighted by atomic mass is 16.5. The van der Waals surface area contributed by atoms with Crippen LogP contribution in [0.2, 0.25) is 0 Å². The van der Waals surface area contributed by atoms with Gasteiger partial charge in [0.15, 0.2) is 0 Å². The molecule has 0 saturated carbocycles. The summed E-state index contributed by atoms with van der Waals surface area (Å²) in [5, 5.41) is 2.67. The first-order valence-corrected chi connectivity index (χ1v) is 6.06. The smallest absolute Gasteiger partial charge is 0.307 e. The molecule has 0 aliphatic rings. The summed E-state index contributed by atoms with van der Waals surface area (Å²) in [6, 6.07) is 3.61. The number of esters is 1. The fourth-order valence-electron chi connectivity index (χ4n) is 1.41. The second-order valence-corrected chi connectivity index (χ2v) is 4.22. The molecule has 0 unspecified atom stereocenters. The van der Waals surface area contributed by atoms with Crippen LogP contribution >= 0.6 is 0 Å². The van der Waals surface area contributed by atoms with Gasteiger partial charge < -0.3 is 14.5 Å². The van der Waals surface area contributed by atoms with Crippen LogP contribution in [0.15, 0.2) is 22.8 Å². The molecular formula is C13H19NO4. The average molecular weight is 253 g/mol. The monoisotopic (exact) mass is 253 g/mol. The number of carbonyl (C=O) groups excluding carboxylic acids is 2. The quantitative estimate of drug-likeness (QED) is 0.750. The summed E-state index contributed by atoms with van der Waals surface area (Å²) >= 11 is 0. The molecule has 0 spiro atoms. The Balaban J connectivity index is 2.08. The van der Waals surface area contributed by atoms with Gasteiger partial charge in [0.1, 0.15) is 5.76 Å². The molecular weight excluding hydrogens is 234 g/mol. The molecule has 1 rings (SSSR count). The first-order valence-electron chi connectivity index (χ1n) is 6.06. The van der Waals surface area contributed by atoms with E-state index in [2.05, 4.69) is 5.32 Å². The van der Waals surface area contributed by atoms with E-state index in [9.17, 15) is 9.59 Å². The van der Waals surface area contributed by atoms with Crippen molar-refractivity contribution in [2.75, 3.05) is 6.54 Å². The molecule has 0 radical (unpaired) electrons. The normalized spacial score (nSPS) is 10.4. The first kappa shape index (κ1) is 14.3. The standard InChI is InChI=1S/C13H19NO4/c1-10(2)18-13(16)7-8-14-12(15)6-5-11-4-3-9-17-11/h3-4,9-10H,5-8H2,1-2H3,(H,14,15). The van der Waals surface area contributed by atoms with Crippen LogP contribution in [0, 0.1) is 0 Å². The average Bonchev–Trinajstić information content (AvgIpc) is 2.78. The zero-order valence-electron chi connectivity index (χ0n) is 10.8. The van der Waals surface area contributed by atoms with Crippen molar-refractivity contribution in [1.82, 2.24) is 5.32 Å². The minimum absolute atomic E-state index is 0.0938. The van der Waals surface area contributed by atoms with Crippen LogP contribution in [0.4, 0.5) is 0 Å². The van der Waals surface area contributed by atoms with Crippen LogP contribution in [-0.4, -0.2) is 24.5 Å². The van der Waals surface area contributed by atoms with Crippen LogP contribution in [0.5, 0.6) is 0 Å². The largest absolute Gasteiger partial charge is 0.469 e. The van der Waals surface area contributed by atoms with E-state index in [1.807, 2.05) is 6.07 Å². The second-order valence-electron chi connectivity index (χ2n) is 4.22. The van der Waals surface area contributed by atoms with E-state index < -0.39 is 0 Å². The first-order chi connectivity index (χ1) is 8.58. The highest BCUT2D eigenvalue weighted by Gasteiger charge is 2.07. The lowest BCUT2D eigenvalue weighted by Gasteiger charge is -2.08. The number of hydrogen-bond acceptors (Lipinski definition) is 4. The molecule has 0 aliphatic heterocycles. The number of carbonyl (C=O) groups is 2. The molecule has 1 amide bonds. The Morgan fingerprint density at radius 3 is 2.78 bits per heavy atom. The summed E-state index contributed by atoms with van der Waals surface area (Å²) in [6.07, 6.45) is 2.58. The van der Waals surface area contributed by atoms with Crippen LogP contribution < -0.4 is 5.32 Å². The summed E-state index contributed by atoms with van der Waals surface area (Å²) in [5.41, 5.74) is 0. The third-order valence-corrected chi connectivity index (χ3v) is 2.20. The minimum atomic E-state index is -0.295. The molecule has 0 aliphatic carbocycles. The molecule has 18 heavy (non-hydrogen) atoms. The van der Waals surface area contributed by atoms with E-state index in [-0.39, 0.29) is 24.4 Å². The summed E-state index contributed by atoms with van der Waals surface area (Å²) in [7, 11) is 0. The van der Waals surface area contributed by atoms with Crippen molar-refractivity contribution in [3.8, 4) is 0 Å². The molecule has 0 saturated heterocycles. The number of hydrogen-bond donors (Lipinski definition) is 1. The lowest BCUT2D eigenvalue weighted by atomic mass is 10.2. The van der Waals surface area contributed by atoms with Gasteiger partial charge in [-0.1, -0.05) is 0 Å². The zero-order chi connectivity index (χ0) is 13.4. The summed E-state index contributed by atoms with van der Waals surface area (Å²) in [6.45, 7) is 3.89. The van der Waals surface area contributed by atoms with Crippen LogP contribution in [0.25, 0.3) is 0 Å². The van der Waals surface area contributed by atoms with Crippen molar-refractivity contribution < 1.29 is 18.7 Å². The summed E-state index contributed by atoms with van der Waals surface area (Å²) in [5.74, 6) is 0.393. The van der Waals surface area contributed by atoms with Crippen molar-refractivity contribution >= 4 is 11.9 Å². The number of rotatable bonds is 7. The second kappa shape index (κ2) is 7.53. The van der Waals surface area contributed by atoms with Crippen LogP contribution in [0.3, 0.4) is 0 Å². The summed E-state index contributed by atoms with van der Waals surface area (Å²) < 4.78 is 10.1. The maximum absolute atomic E-state index is 11.4. The molecule has 0 atom stereocenters. The van der Waals surface area contributed by atoms with Gasteiger partial charge in [-0.15, -0.1) is 0 Å². The number of amides is 1. The van der Waals surface area contributed by atoms with Crippen molar-refractivity contribution in [3.05, 3.63) is 24.2 Å². The van der Waals surface area contributed by atoms with Gasteiger partial charge in [-0.05, 0) is 26.0 Å². The molecule has 1 aromatic rings. The van der Waals surface area contributed by atoms with Crippen molar-refractivity contribution in [3.63, 3.8) is 0 Å². The molecule has 0 aromatic carbocycles. The van der Waals surface area contributed by atoms with Crippen LogP contribution in [-0.2, 0) is 20.7 Å². The SMILES string of the molecule is CC(C)OC(=O)CCNC(=O)CCc1ccco1. The highest BCUT2D eigenvalue weighted by molar-refractivity contribution is 5.77. The van der Waals surface area contributed by atoms with Gasteiger partial charge in [0.2, 0.25) is 5.91 Å². The third-order valence-electron chi connectivity index (χ3n) is 2.20. The molecule has 1 aromatic heterocycles. The van der Waals surface area contributed by atoms with Gasteiger partial charge >= 0.3 is 5.97 Å². The number of furan rings is 1. The molecule has 1 N–H and O–H groups in total. The maximum Gasteiger partial charge on any atom is 0.307 e.